The Bertz CT molecular complexity index is 787. The number of amides is 2. The SMILES string of the molecule is CCCCC(=O)Nc1ccc(C(=O)Nc2ccc3c(c2)OCCO3)cc1. The second kappa shape index (κ2) is 8.38. The van der Waals surface area contributed by atoms with Crippen LogP contribution >= 0.6 is 0 Å². The first-order chi connectivity index (χ1) is 12.7. The second-order valence-electron chi connectivity index (χ2n) is 6.04. The van der Waals surface area contributed by atoms with Crippen LogP contribution in [0.2, 0.25) is 0 Å². The van der Waals surface area contributed by atoms with Gasteiger partial charge in [-0.05, 0) is 42.8 Å². The van der Waals surface area contributed by atoms with Gasteiger partial charge in [0.1, 0.15) is 13.2 Å². The molecule has 0 unspecified atom stereocenters. The van der Waals surface area contributed by atoms with E-state index in [4.69, 9.17) is 9.47 Å². The summed E-state index contributed by atoms with van der Waals surface area (Å²) in [6, 6.07) is 12.1. The average Bonchev–Trinajstić information content (AvgIpc) is 2.67. The van der Waals surface area contributed by atoms with Gasteiger partial charge in [-0.2, -0.15) is 0 Å². The van der Waals surface area contributed by atoms with Crippen molar-refractivity contribution in [2.45, 2.75) is 26.2 Å². The van der Waals surface area contributed by atoms with Crippen LogP contribution in [-0.2, 0) is 4.79 Å². The number of carbonyl (C=O) groups excluding carboxylic acids is 2. The van der Waals surface area contributed by atoms with Crippen LogP contribution in [0, 0.1) is 0 Å². The quantitative estimate of drug-likeness (QED) is 0.826. The fourth-order valence-electron chi connectivity index (χ4n) is 2.59. The van der Waals surface area contributed by atoms with Gasteiger partial charge in [0.2, 0.25) is 5.91 Å². The van der Waals surface area contributed by atoms with E-state index < -0.39 is 0 Å². The van der Waals surface area contributed by atoms with Gasteiger partial charge in [0.25, 0.3) is 5.91 Å². The molecule has 1 heterocycles. The van der Waals surface area contributed by atoms with Gasteiger partial charge >= 0.3 is 0 Å². The summed E-state index contributed by atoms with van der Waals surface area (Å²) in [6.07, 6.45) is 2.34. The lowest BCUT2D eigenvalue weighted by molar-refractivity contribution is -0.116. The number of anilines is 2. The van der Waals surface area contributed by atoms with Crippen LogP contribution in [0.15, 0.2) is 42.5 Å². The monoisotopic (exact) mass is 354 g/mol. The van der Waals surface area contributed by atoms with Crippen molar-refractivity contribution >= 4 is 23.2 Å². The van der Waals surface area contributed by atoms with Crippen LogP contribution < -0.4 is 20.1 Å². The average molecular weight is 354 g/mol. The van der Waals surface area contributed by atoms with Crippen LogP contribution in [0.5, 0.6) is 11.5 Å². The summed E-state index contributed by atoms with van der Waals surface area (Å²) in [7, 11) is 0. The molecule has 0 atom stereocenters. The molecule has 0 fully saturated rings. The molecule has 0 bridgehead atoms. The molecule has 2 amide bonds. The largest absolute Gasteiger partial charge is 0.486 e. The van der Waals surface area contributed by atoms with Gasteiger partial charge in [-0.3, -0.25) is 9.59 Å². The molecule has 0 spiro atoms. The van der Waals surface area contributed by atoms with E-state index in [1.54, 1.807) is 42.5 Å². The minimum Gasteiger partial charge on any atom is -0.486 e. The molecular weight excluding hydrogens is 332 g/mol. The highest BCUT2D eigenvalue weighted by molar-refractivity contribution is 6.04. The summed E-state index contributed by atoms with van der Waals surface area (Å²) in [6.45, 7) is 3.07. The maximum atomic E-state index is 12.4. The number of hydrogen-bond donors (Lipinski definition) is 2. The van der Waals surface area contributed by atoms with Crippen molar-refractivity contribution < 1.29 is 19.1 Å². The third kappa shape index (κ3) is 4.53. The number of benzene rings is 2. The maximum Gasteiger partial charge on any atom is 0.255 e. The first kappa shape index (κ1) is 17.8. The van der Waals surface area contributed by atoms with Gasteiger partial charge in [0, 0.05) is 29.4 Å². The highest BCUT2D eigenvalue weighted by Crippen LogP contribution is 2.32. The second-order valence-corrected chi connectivity index (χ2v) is 6.04. The zero-order valence-electron chi connectivity index (χ0n) is 14.7. The molecular formula is C20H22N2O4. The van der Waals surface area contributed by atoms with Gasteiger partial charge in [-0.15, -0.1) is 0 Å². The van der Waals surface area contributed by atoms with Gasteiger partial charge in [-0.25, -0.2) is 0 Å². The van der Waals surface area contributed by atoms with Crippen LogP contribution in [0.4, 0.5) is 11.4 Å². The molecule has 2 N–H and O–H groups in total. The van der Waals surface area contributed by atoms with E-state index in [1.165, 1.54) is 0 Å². The molecule has 1 aliphatic heterocycles. The van der Waals surface area contributed by atoms with E-state index in [2.05, 4.69) is 10.6 Å². The van der Waals surface area contributed by atoms with Crippen LogP contribution in [0.25, 0.3) is 0 Å². The summed E-state index contributed by atoms with van der Waals surface area (Å²) in [5.74, 6) is 1.06. The zero-order valence-corrected chi connectivity index (χ0v) is 14.7. The fourth-order valence-corrected chi connectivity index (χ4v) is 2.59. The Balaban J connectivity index is 1.60. The van der Waals surface area contributed by atoms with Crippen molar-refractivity contribution in [3.05, 3.63) is 48.0 Å². The van der Waals surface area contributed by atoms with E-state index in [-0.39, 0.29) is 11.8 Å². The Labute approximate surface area is 152 Å². The topological polar surface area (TPSA) is 76.7 Å². The Morgan fingerprint density at radius 2 is 1.62 bits per heavy atom. The number of fused-ring (bicyclic) bond motifs is 1. The van der Waals surface area contributed by atoms with Gasteiger partial charge in [0.15, 0.2) is 11.5 Å². The first-order valence-electron chi connectivity index (χ1n) is 8.76. The van der Waals surface area contributed by atoms with E-state index in [0.717, 1.165) is 12.8 Å². The lowest BCUT2D eigenvalue weighted by Crippen LogP contribution is -2.16. The third-order valence-electron chi connectivity index (χ3n) is 3.99. The molecule has 2 aromatic rings. The van der Waals surface area contributed by atoms with Gasteiger partial charge in [-0.1, -0.05) is 13.3 Å². The molecule has 0 saturated heterocycles. The number of rotatable bonds is 6. The zero-order chi connectivity index (χ0) is 18.4. The highest BCUT2D eigenvalue weighted by Gasteiger charge is 2.13. The van der Waals surface area contributed by atoms with Gasteiger partial charge in [0.05, 0.1) is 0 Å². The molecule has 3 rings (SSSR count). The van der Waals surface area contributed by atoms with Crippen molar-refractivity contribution in [3.63, 3.8) is 0 Å². The molecule has 0 aromatic heterocycles. The Kier molecular flexibility index (Phi) is 5.73. The Hall–Kier alpha value is -3.02. The van der Waals surface area contributed by atoms with E-state index in [9.17, 15) is 9.59 Å². The number of carbonyl (C=O) groups is 2. The number of hydrogen-bond acceptors (Lipinski definition) is 4. The van der Waals surface area contributed by atoms with Crippen molar-refractivity contribution in [2.24, 2.45) is 0 Å². The van der Waals surface area contributed by atoms with Crippen molar-refractivity contribution in [1.29, 1.82) is 0 Å². The Morgan fingerprint density at radius 3 is 2.35 bits per heavy atom. The fraction of sp³-hybridized carbons (Fsp3) is 0.300. The predicted molar refractivity (Wildman–Crippen MR) is 100.0 cm³/mol. The Morgan fingerprint density at radius 1 is 0.923 bits per heavy atom. The molecule has 0 radical (unpaired) electrons. The van der Waals surface area contributed by atoms with Crippen LogP contribution in [-0.4, -0.2) is 25.0 Å². The number of nitrogens with one attached hydrogen (secondary N) is 2. The minimum atomic E-state index is -0.231. The molecule has 136 valence electrons. The minimum absolute atomic E-state index is 0.0136. The van der Waals surface area contributed by atoms with Crippen molar-refractivity contribution in [3.8, 4) is 11.5 Å². The lowest BCUT2D eigenvalue weighted by atomic mass is 10.1. The van der Waals surface area contributed by atoms with Crippen molar-refractivity contribution in [1.82, 2.24) is 0 Å². The molecule has 26 heavy (non-hydrogen) atoms. The molecule has 6 heteroatoms. The van der Waals surface area contributed by atoms with Crippen LogP contribution in [0.3, 0.4) is 0 Å². The summed E-state index contributed by atoms with van der Waals surface area (Å²) >= 11 is 0. The molecule has 2 aromatic carbocycles. The standard InChI is InChI=1S/C20H22N2O4/c1-2-3-4-19(23)21-15-7-5-14(6-8-15)20(24)22-16-9-10-17-18(13-16)26-12-11-25-17/h5-10,13H,2-4,11-12H2,1H3,(H,21,23)(H,22,24). The summed E-state index contributed by atoms with van der Waals surface area (Å²) < 4.78 is 11.0. The predicted octanol–water partition coefficient (Wildman–Crippen LogP) is 3.84. The highest BCUT2D eigenvalue weighted by atomic mass is 16.6. The third-order valence-corrected chi connectivity index (χ3v) is 3.99. The van der Waals surface area contributed by atoms with Crippen molar-refractivity contribution in [2.75, 3.05) is 23.8 Å². The molecule has 1 aliphatic rings. The van der Waals surface area contributed by atoms with Crippen LogP contribution in [0.1, 0.15) is 36.5 Å². The summed E-state index contributed by atoms with van der Waals surface area (Å²) in [5.41, 5.74) is 1.82. The van der Waals surface area contributed by atoms with E-state index >= 15 is 0 Å². The lowest BCUT2D eigenvalue weighted by Gasteiger charge is -2.19. The summed E-state index contributed by atoms with van der Waals surface area (Å²) in [4.78, 5) is 24.1. The molecule has 6 nitrogen and oxygen atoms in total. The molecule has 0 aliphatic carbocycles. The van der Waals surface area contributed by atoms with E-state index in [1.807, 2.05) is 6.92 Å². The first-order valence-corrected chi connectivity index (χ1v) is 8.76. The normalized spacial score (nSPS) is 12.3. The maximum absolute atomic E-state index is 12.4. The van der Waals surface area contributed by atoms with E-state index in [0.29, 0.717) is 48.1 Å². The summed E-state index contributed by atoms with van der Waals surface area (Å²) in [5, 5.41) is 5.66. The molecule has 0 saturated carbocycles. The van der Waals surface area contributed by atoms with Gasteiger partial charge < -0.3 is 20.1 Å². The number of ether oxygens (including phenoxy) is 2. The smallest absolute Gasteiger partial charge is 0.255 e. The number of unbranched alkanes of at least 4 members (excludes halogenated alkanes) is 1.